The number of hydrogen-bond donors (Lipinski definition) is 0. The monoisotopic (exact) mass is 839 g/mol. The highest BCUT2D eigenvalue weighted by molar-refractivity contribution is 6.14. The summed E-state index contributed by atoms with van der Waals surface area (Å²) in [7, 11) is 0. The molecule has 0 spiro atoms. The molecule has 66 heavy (non-hydrogen) atoms. The Balaban J connectivity index is 0.936. The van der Waals surface area contributed by atoms with Gasteiger partial charge in [-0.2, -0.15) is 0 Å². The van der Waals surface area contributed by atoms with E-state index in [1.807, 2.05) is 12.1 Å². The molecule has 0 N–H and O–H groups in total. The van der Waals surface area contributed by atoms with Gasteiger partial charge >= 0.3 is 0 Å². The quantitative estimate of drug-likeness (QED) is 0.149. The Hall–Kier alpha value is -8.72. The van der Waals surface area contributed by atoms with E-state index in [0.717, 1.165) is 44.9 Å². The molecule has 0 unspecified atom stereocenters. The minimum atomic E-state index is 0.867. The molecule has 13 rings (SSSR count). The zero-order chi connectivity index (χ0) is 43.6. The molecule has 2 heteroatoms. The third-order valence-corrected chi connectivity index (χ3v) is 13.4. The Labute approximate surface area is 382 Å². The van der Waals surface area contributed by atoms with Crippen LogP contribution in [0.5, 0.6) is 0 Å². The van der Waals surface area contributed by atoms with Gasteiger partial charge in [0.1, 0.15) is 11.3 Å². The van der Waals surface area contributed by atoms with E-state index in [0.29, 0.717) is 0 Å². The zero-order valence-corrected chi connectivity index (χ0v) is 36.0. The van der Waals surface area contributed by atoms with E-state index >= 15 is 0 Å². The molecule has 1 heterocycles. The van der Waals surface area contributed by atoms with E-state index in [9.17, 15) is 0 Å². The average molecular weight is 840 g/mol. The number of rotatable bonds is 7. The van der Waals surface area contributed by atoms with E-state index in [4.69, 9.17) is 4.42 Å². The van der Waals surface area contributed by atoms with Crippen molar-refractivity contribution in [2.75, 3.05) is 4.90 Å². The van der Waals surface area contributed by atoms with Gasteiger partial charge in [-0.15, -0.1) is 0 Å². The number of hydrogen-bond acceptors (Lipinski definition) is 2. The topological polar surface area (TPSA) is 16.4 Å². The minimum absolute atomic E-state index is 0.867. The largest absolute Gasteiger partial charge is 0.456 e. The number of fused-ring (bicyclic) bond motifs is 8. The average Bonchev–Trinajstić information content (AvgIpc) is 3.84. The van der Waals surface area contributed by atoms with Crippen LogP contribution in [0.15, 0.2) is 253 Å². The summed E-state index contributed by atoms with van der Waals surface area (Å²) >= 11 is 0. The van der Waals surface area contributed by atoms with E-state index < -0.39 is 0 Å². The number of benzene rings is 12. The lowest BCUT2D eigenvalue weighted by molar-refractivity contribution is 0.631. The molecule has 308 valence electrons. The maximum absolute atomic E-state index is 6.32. The summed E-state index contributed by atoms with van der Waals surface area (Å²) in [5.41, 5.74) is 12.3. The first-order valence-corrected chi connectivity index (χ1v) is 22.6. The Bertz CT molecular complexity index is 3960. The Kier molecular flexibility index (Phi) is 8.89. The molecule has 0 bridgehead atoms. The second-order valence-corrected chi connectivity index (χ2v) is 17.2. The number of para-hydroxylation sites is 1. The van der Waals surface area contributed by atoms with Crippen LogP contribution < -0.4 is 4.90 Å². The summed E-state index contributed by atoms with van der Waals surface area (Å²) in [6.45, 7) is 0. The van der Waals surface area contributed by atoms with Crippen LogP contribution in [0, 0.1) is 0 Å². The molecule has 12 aromatic carbocycles. The molecular weight excluding hydrogens is 799 g/mol. The predicted octanol–water partition coefficient (Wildman–Crippen LogP) is 18.3. The first kappa shape index (κ1) is 37.8. The van der Waals surface area contributed by atoms with Gasteiger partial charge in [-0.1, -0.05) is 188 Å². The molecule has 0 amide bonds. The van der Waals surface area contributed by atoms with Gasteiger partial charge in [-0.05, 0) is 143 Å². The van der Waals surface area contributed by atoms with Crippen LogP contribution in [-0.2, 0) is 0 Å². The highest BCUT2D eigenvalue weighted by Crippen LogP contribution is 2.44. The van der Waals surface area contributed by atoms with Gasteiger partial charge in [-0.25, -0.2) is 0 Å². The van der Waals surface area contributed by atoms with Gasteiger partial charge in [0.25, 0.3) is 0 Å². The van der Waals surface area contributed by atoms with Crippen molar-refractivity contribution in [3.05, 3.63) is 249 Å². The van der Waals surface area contributed by atoms with Gasteiger partial charge in [0.15, 0.2) is 0 Å². The van der Waals surface area contributed by atoms with Gasteiger partial charge < -0.3 is 9.32 Å². The zero-order valence-electron chi connectivity index (χ0n) is 36.0. The summed E-state index contributed by atoms with van der Waals surface area (Å²) in [5.74, 6) is 0.867. The van der Waals surface area contributed by atoms with Crippen molar-refractivity contribution in [2.24, 2.45) is 0 Å². The van der Waals surface area contributed by atoms with Crippen LogP contribution in [0.3, 0.4) is 0 Å². The van der Waals surface area contributed by atoms with Crippen LogP contribution in [0.2, 0.25) is 0 Å². The fourth-order valence-electron chi connectivity index (χ4n) is 10.2. The van der Waals surface area contributed by atoms with Crippen molar-refractivity contribution in [1.82, 2.24) is 0 Å². The predicted molar refractivity (Wildman–Crippen MR) is 280 cm³/mol. The fraction of sp³-hybridized carbons (Fsp3) is 0. The molecule has 2 nitrogen and oxygen atoms in total. The molecule has 13 aromatic rings. The van der Waals surface area contributed by atoms with E-state index in [-0.39, 0.29) is 0 Å². The molecule has 0 radical (unpaired) electrons. The van der Waals surface area contributed by atoms with Crippen molar-refractivity contribution in [2.45, 2.75) is 0 Å². The van der Waals surface area contributed by atoms with Crippen molar-refractivity contribution in [1.29, 1.82) is 0 Å². The van der Waals surface area contributed by atoms with Crippen molar-refractivity contribution >= 4 is 81.9 Å². The third-order valence-electron chi connectivity index (χ3n) is 13.4. The molecule has 0 aliphatic heterocycles. The molecule has 0 saturated heterocycles. The maximum Gasteiger partial charge on any atom is 0.135 e. The highest BCUT2D eigenvalue weighted by atomic mass is 16.3. The van der Waals surface area contributed by atoms with Crippen molar-refractivity contribution in [3.63, 3.8) is 0 Å². The van der Waals surface area contributed by atoms with Crippen molar-refractivity contribution < 1.29 is 4.42 Å². The normalized spacial score (nSPS) is 11.6. The summed E-state index contributed by atoms with van der Waals surface area (Å²) in [6.07, 6.45) is 0. The first-order valence-electron chi connectivity index (χ1n) is 22.6. The standard InChI is InChI=1S/C64H41NO/c1-4-17-53-43(12-1)24-25-48-38-45(30-35-55(48)53)42-26-31-51(32-27-42)65(52-33-28-44(29-34-52)61-40-47-13-2-5-18-54(47)57-19-6-7-21-59(57)61)62-37-36-56(58-20-8-9-22-60(58)62)46-15-11-16-49(39-46)64-41-50-14-3-10-23-63(50)66-64/h1-41H. The number of anilines is 3. The van der Waals surface area contributed by atoms with Crippen LogP contribution in [0.25, 0.3) is 110 Å². The molecular formula is C64H41NO. The van der Waals surface area contributed by atoms with Crippen molar-refractivity contribution in [3.8, 4) is 44.7 Å². The smallest absolute Gasteiger partial charge is 0.135 e. The summed E-state index contributed by atoms with van der Waals surface area (Å²) in [5, 5.41) is 13.6. The van der Waals surface area contributed by atoms with E-state index in [2.05, 4.69) is 241 Å². The van der Waals surface area contributed by atoms with Crippen LogP contribution in [-0.4, -0.2) is 0 Å². The number of furan rings is 1. The van der Waals surface area contributed by atoms with Crippen LogP contribution >= 0.6 is 0 Å². The molecule has 1 aromatic heterocycles. The molecule has 0 aliphatic carbocycles. The Morgan fingerprint density at radius 1 is 0.258 bits per heavy atom. The second-order valence-electron chi connectivity index (χ2n) is 17.2. The Morgan fingerprint density at radius 2 is 0.803 bits per heavy atom. The maximum atomic E-state index is 6.32. The lowest BCUT2D eigenvalue weighted by Crippen LogP contribution is -2.10. The van der Waals surface area contributed by atoms with Gasteiger partial charge in [0.2, 0.25) is 0 Å². The van der Waals surface area contributed by atoms with Gasteiger partial charge in [0, 0.05) is 27.7 Å². The van der Waals surface area contributed by atoms with Crippen LogP contribution in [0.4, 0.5) is 17.1 Å². The Morgan fingerprint density at radius 3 is 1.56 bits per heavy atom. The second kappa shape index (κ2) is 15.5. The summed E-state index contributed by atoms with van der Waals surface area (Å²) in [4.78, 5) is 2.41. The lowest BCUT2D eigenvalue weighted by Gasteiger charge is -2.28. The minimum Gasteiger partial charge on any atom is -0.456 e. The lowest BCUT2D eigenvalue weighted by atomic mass is 9.93. The summed E-state index contributed by atoms with van der Waals surface area (Å²) in [6, 6.07) is 90.4. The molecule has 0 atom stereocenters. The first-order chi connectivity index (χ1) is 32.7. The SMILES string of the molecule is c1cc(-c2cc3ccccc3o2)cc(-c2ccc(N(c3ccc(-c4ccc5c(ccc6ccccc65)c4)cc3)c3ccc(-c4cc5ccccc5c5ccccc45)cc3)c3ccccc23)c1. The fourth-order valence-corrected chi connectivity index (χ4v) is 10.2. The van der Waals surface area contributed by atoms with Gasteiger partial charge in [0.05, 0.1) is 5.69 Å². The van der Waals surface area contributed by atoms with Crippen LogP contribution in [0.1, 0.15) is 0 Å². The third kappa shape index (κ3) is 6.42. The molecule has 0 aliphatic rings. The summed E-state index contributed by atoms with van der Waals surface area (Å²) < 4.78 is 6.32. The van der Waals surface area contributed by atoms with E-state index in [1.165, 1.54) is 81.7 Å². The van der Waals surface area contributed by atoms with E-state index in [1.54, 1.807) is 0 Å². The van der Waals surface area contributed by atoms with Gasteiger partial charge in [-0.3, -0.25) is 0 Å². The number of nitrogens with zero attached hydrogens (tertiary/aromatic N) is 1. The molecule has 0 saturated carbocycles. The highest BCUT2D eigenvalue weighted by Gasteiger charge is 2.19. The molecule has 0 fully saturated rings.